The highest BCUT2D eigenvalue weighted by molar-refractivity contribution is 5.74. The molecule has 24 heavy (non-hydrogen) atoms. The van der Waals surface area contributed by atoms with Gasteiger partial charge in [-0.2, -0.15) is 4.98 Å². The number of aryl methyl sites for hydroxylation is 1. The highest BCUT2D eigenvalue weighted by Gasteiger charge is 2.09. The summed E-state index contributed by atoms with van der Waals surface area (Å²) in [5.41, 5.74) is 0.931. The van der Waals surface area contributed by atoms with Crippen LogP contribution in [0.1, 0.15) is 43.5 Å². The van der Waals surface area contributed by atoms with Crippen LogP contribution in [-0.2, 0) is 6.42 Å². The molecule has 1 aromatic heterocycles. The molecule has 0 saturated carbocycles. The van der Waals surface area contributed by atoms with Crippen molar-refractivity contribution >= 4 is 6.03 Å². The average molecular weight is 326 g/mol. The van der Waals surface area contributed by atoms with Gasteiger partial charge in [0.05, 0.1) is 6.54 Å². The summed E-state index contributed by atoms with van der Waals surface area (Å²) in [7, 11) is 0. The predicted molar refractivity (Wildman–Crippen MR) is 91.4 cm³/mol. The lowest BCUT2D eigenvalue weighted by Gasteiger charge is -2.03. The van der Waals surface area contributed by atoms with Crippen molar-refractivity contribution in [2.45, 2.75) is 32.6 Å². The van der Waals surface area contributed by atoms with Gasteiger partial charge in [0.25, 0.3) is 0 Å². The number of carbonyl (C=O) groups is 1. The van der Waals surface area contributed by atoms with Gasteiger partial charge in [0.2, 0.25) is 5.89 Å². The number of carbonyl (C=O) groups excluding carboxylic acids is 1. The van der Waals surface area contributed by atoms with E-state index in [4.69, 9.17) is 4.52 Å². The van der Waals surface area contributed by atoms with E-state index in [9.17, 15) is 4.79 Å². The first-order valence-electron chi connectivity index (χ1n) is 8.03. The molecule has 0 atom stereocenters. The SMILES string of the molecule is CC(C)c1noc(CCCNC(=O)NCC#Cc2ccccc2)n1. The molecule has 6 heteroatoms. The second kappa shape index (κ2) is 9.36. The molecule has 0 spiro atoms. The van der Waals surface area contributed by atoms with Crippen molar-refractivity contribution in [2.24, 2.45) is 0 Å². The van der Waals surface area contributed by atoms with E-state index in [0.717, 1.165) is 12.0 Å². The number of urea groups is 1. The maximum absolute atomic E-state index is 11.6. The van der Waals surface area contributed by atoms with Crippen LogP contribution in [0.3, 0.4) is 0 Å². The van der Waals surface area contributed by atoms with E-state index in [1.165, 1.54) is 0 Å². The molecule has 2 rings (SSSR count). The van der Waals surface area contributed by atoms with Gasteiger partial charge in [-0.3, -0.25) is 0 Å². The van der Waals surface area contributed by atoms with Crippen LogP contribution in [0.2, 0.25) is 0 Å². The van der Waals surface area contributed by atoms with Gasteiger partial charge in [-0.25, -0.2) is 4.79 Å². The Balaban J connectivity index is 1.59. The van der Waals surface area contributed by atoms with E-state index in [1.807, 2.05) is 44.2 Å². The maximum Gasteiger partial charge on any atom is 0.315 e. The van der Waals surface area contributed by atoms with Crippen LogP contribution in [0, 0.1) is 11.8 Å². The second-order valence-electron chi connectivity index (χ2n) is 5.58. The number of hydrogen-bond donors (Lipinski definition) is 2. The lowest BCUT2D eigenvalue weighted by molar-refractivity contribution is 0.241. The standard InChI is InChI=1S/C18H22N4O2/c1-14(2)17-21-16(24-22-17)11-7-13-20-18(23)19-12-6-10-15-8-4-3-5-9-15/h3-5,8-9,14H,7,11-13H2,1-2H3,(H2,19,20,23). The largest absolute Gasteiger partial charge is 0.339 e. The van der Waals surface area contributed by atoms with Crippen molar-refractivity contribution in [3.63, 3.8) is 0 Å². The monoisotopic (exact) mass is 326 g/mol. The van der Waals surface area contributed by atoms with Gasteiger partial charge in [0.15, 0.2) is 5.82 Å². The molecule has 2 N–H and O–H groups in total. The van der Waals surface area contributed by atoms with E-state index in [1.54, 1.807) is 0 Å². The van der Waals surface area contributed by atoms with E-state index in [0.29, 0.717) is 31.2 Å². The summed E-state index contributed by atoms with van der Waals surface area (Å²) in [4.78, 5) is 15.9. The van der Waals surface area contributed by atoms with Crippen LogP contribution < -0.4 is 10.6 Å². The van der Waals surface area contributed by atoms with E-state index in [-0.39, 0.29) is 11.9 Å². The summed E-state index contributed by atoms with van der Waals surface area (Å²) in [5.74, 6) is 7.46. The maximum atomic E-state index is 11.6. The van der Waals surface area contributed by atoms with Gasteiger partial charge in [-0.1, -0.05) is 49.0 Å². The zero-order valence-electron chi connectivity index (χ0n) is 14.0. The summed E-state index contributed by atoms with van der Waals surface area (Å²) < 4.78 is 5.15. The predicted octanol–water partition coefficient (Wildman–Crippen LogP) is 2.48. The Morgan fingerprint density at radius 2 is 2.04 bits per heavy atom. The molecule has 0 aliphatic heterocycles. The lowest BCUT2D eigenvalue weighted by Crippen LogP contribution is -2.36. The Morgan fingerprint density at radius 1 is 1.25 bits per heavy atom. The molecule has 0 aliphatic rings. The van der Waals surface area contributed by atoms with Gasteiger partial charge >= 0.3 is 6.03 Å². The number of amides is 2. The molecule has 0 bridgehead atoms. The van der Waals surface area contributed by atoms with Crippen molar-refractivity contribution < 1.29 is 9.32 Å². The van der Waals surface area contributed by atoms with Gasteiger partial charge in [0, 0.05) is 24.4 Å². The third-order valence-electron chi connectivity index (χ3n) is 3.20. The first kappa shape index (κ1) is 17.5. The van der Waals surface area contributed by atoms with Crippen LogP contribution in [0.4, 0.5) is 4.79 Å². The summed E-state index contributed by atoms with van der Waals surface area (Å²) in [6, 6.07) is 9.42. The summed E-state index contributed by atoms with van der Waals surface area (Å²) in [6.45, 7) is 4.88. The lowest BCUT2D eigenvalue weighted by atomic mass is 10.2. The summed E-state index contributed by atoms with van der Waals surface area (Å²) in [5, 5.41) is 9.37. The number of hydrogen-bond acceptors (Lipinski definition) is 4. The molecule has 126 valence electrons. The molecule has 0 fully saturated rings. The highest BCUT2D eigenvalue weighted by Crippen LogP contribution is 2.10. The number of nitrogens with zero attached hydrogens (tertiary/aromatic N) is 2. The summed E-state index contributed by atoms with van der Waals surface area (Å²) >= 11 is 0. The molecule has 0 unspecified atom stereocenters. The first-order valence-corrected chi connectivity index (χ1v) is 8.03. The van der Waals surface area contributed by atoms with Crippen molar-refractivity contribution in [2.75, 3.05) is 13.1 Å². The molecule has 2 aromatic rings. The molecule has 0 aliphatic carbocycles. The van der Waals surface area contributed by atoms with Gasteiger partial charge in [0.1, 0.15) is 0 Å². The fourth-order valence-corrected chi connectivity index (χ4v) is 1.90. The Labute approximate surface area is 142 Å². The minimum atomic E-state index is -0.231. The first-order chi connectivity index (χ1) is 11.6. The Morgan fingerprint density at radius 3 is 2.75 bits per heavy atom. The molecule has 1 heterocycles. The van der Waals surface area contributed by atoms with Crippen molar-refractivity contribution in [1.82, 2.24) is 20.8 Å². The molecule has 0 saturated heterocycles. The fraction of sp³-hybridized carbons (Fsp3) is 0.389. The molecular formula is C18H22N4O2. The Kier molecular flexibility index (Phi) is 6.84. The minimum Gasteiger partial charge on any atom is -0.339 e. The van der Waals surface area contributed by atoms with E-state index in [2.05, 4.69) is 32.6 Å². The number of aromatic nitrogens is 2. The van der Waals surface area contributed by atoms with Crippen molar-refractivity contribution in [3.8, 4) is 11.8 Å². The average Bonchev–Trinajstić information content (AvgIpc) is 3.06. The molecule has 6 nitrogen and oxygen atoms in total. The smallest absolute Gasteiger partial charge is 0.315 e. The molecular weight excluding hydrogens is 304 g/mol. The molecule has 0 radical (unpaired) electrons. The third-order valence-corrected chi connectivity index (χ3v) is 3.20. The van der Waals surface area contributed by atoms with Crippen LogP contribution in [0.15, 0.2) is 34.9 Å². The molecule has 1 aromatic carbocycles. The molecule has 2 amide bonds. The van der Waals surface area contributed by atoms with Gasteiger partial charge in [-0.05, 0) is 18.6 Å². The van der Waals surface area contributed by atoms with Crippen LogP contribution >= 0.6 is 0 Å². The Bertz CT molecular complexity index is 699. The normalized spacial score (nSPS) is 10.1. The Hall–Kier alpha value is -2.81. The number of rotatable bonds is 6. The number of benzene rings is 1. The van der Waals surface area contributed by atoms with Crippen molar-refractivity contribution in [3.05, 3.63) is 47.6 Å². The topological polar surface area (TPSA) is 80.0 Å². The number of nitrogens with one attached hydrogen (secondary N) is 2. The van der Waals surface area contributed by atoms with Gasteiger partial charge in [-0.15, -0.1) is 0 Å². The minimum absolute atomic E-state index is 0.231. The quantitative estimate of drug-likeness (QED) is 0.631. The fourth-order valence-electron chi connectivity index (χ4n) is 1.90. The van der Waals surface area contributed by atoms with Crippen LogP contribution in [-0.4, -0.2) is 29.3 Å². The van der Waals surface area contributed by atoms with Crippen molar-refractivity contribution in [1.29, 1.82) is 0 Å². The zero-order valence-corrected chi connectivity index (χ0v) is 14.0. The van der Waals surface area contributed by atoms with Crippen LogP contribution in [0.5, 0.6) is 0 Å². The van der Waals surface area contributed by atoms with Crippen LogP contribution in [0.25, 0.3) is 0 Å². The second-order valence-corrected chi connectivity index (χ2v) is 5.58. The zero-order chi connectivity index (χ0) is 17.2. The highest BCUT2D eigenvalue weighted by atomic mass is 16.5. The third kappa shape index (κ3) is 6.13. The summed E-state index contributed by atoms with van der Waals surface area (Å²) in [6.07, 6.45) is 1.39. The van der Waals surface area contributed by atoms with E-state index < -0.39 is 0 Å². The van der Waals surface area contributed by atoms with Gasteiger partial charge < -0.3 is 15.2 Å². The van der Waals surface area contributed by atoms with E-state index >= 15 is 0 Å².